The lowest BCUT2D eigenvalue weighted by Crippen LogP contribution is -2.54. The fraction of sp³-hybridized carbons (Fsp3) is 0.643. The first-order valence-corrected chi connectivity index (χ1v) is 6.62. The van der Waals surface area contributed by atoms with Crippen LogP contribution < -0.4 is 0 Å². The average Bonchev–Trinajstić information content (AvgIpc) is 2.39. The highest BCUT2D eigenvalue weighted by Gasteiger charge is 2.48. The summed E-state index contributed by atoms with van der Waals surface area (Å²) in [5.41, 5.74) is 0. The molecule has 0 amide bonds. The Labute approximate surface area is 128 Å². The van der Waals surface area contributed by atoms with E-state index >= 15 is 0 Å². The lowest BCUT2D eigenvalue weighted by molar-refractivity contribution is -0.245. The Bertz CT molecular complexity index is 458. The van der Waals surface area contributed by atoms with Crippen LogP contribution in [0.3, 0.4) is 0 Å². The minimum atomic E-state index is -1.00. The summed E-state index contributed by atoms with van der Waals surface area (Å²) in [6, 6.07) is 0. The van der Waals surface area contributed by atoms with Gasteiger partial charge in [0.05, 0.1) is 5.92 Å². The van der Waals surface area contributed by atoms with Crippen LogP contribution >= 0.6 is 0 Å². The fourth-order valence-corrected chi connectivity index (χ4v) is 2.10. The van der Waals surface area contributed by atoms with E-state index in [2.05, 4.69) is 6.58 Å². The first kappa shape index (κ1) is 18.0. The van der Waals surface area contributed by atoms with E-state index in [9.17, 15) is 14.4 Å². The molecule has 1 aliphatic heterocycles. The van der Waals surface area contributed by atoms with Gasteiger partial charge in [-0.25, -0.2) is 0 Å². The van der Waals surface area contributed by atoms with Gasteiger partial charge in [-0.2, -0.15) is 0 Å². The summed E-state index contributed by atoms with van der Waals surface area (Å²) in [6.07, 6.45) is -2.92. The minimum absolute atomic E-state index is 0.125. The summed E-state index contributed by atoms with van der Waals surface area (Å²) in [6.45, 7) is 7.26. The van der Waals surface area contributed by atoms with Crippen LogP contribution in [0.2, 0.25) is 0 Å². The monoisotopic (exact) mass is 316 g/mol. The average molecular weight is 316 g/mol. The third-order valence-corrected chi connectivity index (χ3v) is 2.97. The fourth-order valence-electron chi connectivity index (χ4n) is 2.10. The number of methoxy groups -OCH3 is 1. The van der Waals surface area contributed by atoms with E-state index < -0.39 is 42.3 Å². The maximum absolute atomic E-state index is 11.3. The van der Waals surface area contributed by atoms with Gasteiger partial charge in [-0.05, 0) is 0 Å². The van der Waals surface area contributed by atoms with E-state index in [4.69, 9.17) is 23.7 Å². The van der Waals surface area contributed by atoms with E-state index in [0.717, 1.165) is 0 Å². The molecule has 1 rings (SSSR count). The Morgan fingerprint density at radius 3 is 2.05 bits per heavy atom. The SMILES string of the molecule is C=C1O[C@H](OC)[C@H](OC(C)=O)[C@@H](OC(C)=O)[C@@H]1COC(C)=O. The van der Waals surface area contributed by atoms with Crippen LogP contribution in [0, 0.1) is 5.92 Å². The maximum Gasteiger partial charge on any atom is 0.303 e. The summed E-state index contributed by atoms with van der Waals surface area (Å²) in [5, 5.41) is 0. The quantitative estimate of drug-likeness (QED) is 0.535. The molecule has 0 spiro atoms. The second-order valence-electron chi connectivity index (χ2n) is 4.75. The Morgan fingerprint density at radius 1 is 1.05 bits per heavy atom. The highest BCUT2D eigenvalue weighted by molar-refractivity contribution is 5.67. The van der Waals surface area contributed by atoms with Crippen molar-refractivity contribution in [1.29, 1.82) is 0 Å². The van der Waals surface area contributed by atoms with Crippen molar-refractivity contribution in [3.05, 3.63) is 12.3 Å². The van der Waals surface area contributed by atoms with Crippen LogP contribution in [0.4, 0.5) is 0 Å². The Balaban J connectivity index is 3.05. The molecular weight excluding hydrogens is 296 g/mol. The molecule has 8 heteroatoms. The number of esters is 3. The number of rotatable bonds is 5. The topological polar surface area (TPSA) is 97.4 Å². The van der Waals surface area contributed by atoms with Crippen molar-refractivity contribution in [3.8, 4) is 0 Å². The van der Waals surface area contributed by atoms with Crippen LogP contribution in [-0.2, 0) is 38.1 Å². The van der Waals surface area contributed by atoms with Crippen molar-refractivity contribution in [1.82, 2.24) is 0 Å². The van der Waals surface area contributed by atoms with Gasteiger partial charge in [-0.15, -0.1) is 0 Å². The van der Waals surface area contributed by atoms with E-state index in [-0.39, 0.29) is 12.4 Å². The lowest BCUT2D eigenvalue weighted by Gasteiger charge is -2.41. The molecule has 22 heavy (non-hydrogen) atoms. The van der Waals surface area contributed by atoms with E-state index in [1.165, 1.54) is 27.9 Å². The molecule has 0 saturated carbocycles. The number of carbonyl (C=O) groups is 3. The zero-order valence-corrected chi connectivity index (χ0v) is 13.0. The molecule has 0 unspecified atom stereocenters. The summed E-state index contributed by atoms with van der Waals surface area (Å²) in [7, 11) is 1.35. The predicted octanol–water partition coefficient (Wildman–Crippen LogP) is 0.545. The predicted molar refractivity (Wildman–Crippen MR) is 72.3 cm³/mol. The van der Waals surface area contributed by atoms with E-state index in [1.807, 2.05) is 0 Å². The van der Waals surface area contributed by atoms with Crippen LogP contribution in [0.5, 0.6) is 0 Å². The van der Waals surface area contributed by atoms with Crippen molar-refractivity contribution >= 4 is 17.9 Å². The van der Waals surface area contributed by atoms with Gasteiger partial charge in [-0.1, -0.05) is 6.58 Å². The second kappa shape index (κ2) is 7.79. The smallest absolute Gasteiger partial charge is 0.303 e. The molecule has 4 atom stereocenters. The van der Waals surface area contributed by atoms with Crippen molar-refractivity contribution in [3.63, 3.8) is 0 Å². The third kappa shape index (κ3) is 4.73. The summed E-state index contributed by atoms with van der Waals surface area (Å²) in [4.78, 5) is 33.6. The normalized spacial score (nSPS) is 27.5. The maximum atomic E-state index is 11.3. The largest absolute Gasteiger partial charge is 0.465 e. The van der Waals surface area contributed by atoms with Gasteiger partial charge in [0.2, 0.25) is 12.4 Å². The molecule has 0 bridgehead atoms. The van der Waals surface area contributed by atoms with Crippen molar-refractivity contribution < 1.29 is 38.1 Å². The van der Waals surface area contributed by atoms with E-state index in [1.54, 1.807) is 0 Å². The van der Waals surface area contributed by atoms with Crippen molar-refractivity contribution in [2.45, 2.75) is 39.3 Å². The molecule has 0 aliphatic carbocycles. The summed E-state index contributed by atoms with van der Waals surface area (Å²) >= 11 is 0. The molecule has 0 aromatic carbocycles. The first-order chi connectivity index (χ1) is 10.3. The molecule has 1 heterocycles. The second-order valence-corrected chi connectivity index (χ2v) is 4.75. The zero-order chi connectivity index (χ0) is 16.9. The van der Waals surface area contributed by atoms with Gasteiger partial charge in [-0.3, -0.25) is 14.4 Å². The standard InChI is InChI=1S/C14H20O8/c1-7-11(6-19-8(2)15)12(21-9(3)16)13(22-10(4)17)14(18-5)20-7/h11-14H,1,6H2,2-5H3/t11-,12+,13-,14+/m1/s1. The number of carbonyl (C=O) groups excluding carboxylic acids is 3. The molecule has 1 saturated heterocycles. The van der Waals surface area contributed by atoms with Gasteiger partial charge in [0.25, 0.3) is 0 Å². The molecule has 1 fully saturated rings. The molecule has 0 radical (unpaired) electrons. The summed E-state index contributed by atoms with van der Waals surface area (Å²) < 4.78 is 25.8. The molecule has 1 aliphatic rings. The van der Waals surface area contributed by atoms with Crippen LogP contribution in [0.25, 0.3) is 0 Å². The third-order valence-electron chi connectivity index (χ3n) is 2.97. The van der Waals surface area contributed by atoms with Gasteiger partial charge in [0.1, 0.15) is 12.4 Å². The minimum Gasteiger partial charge on any atom is -0.465 e. The van der Waals surface area contributed by atoms with Gasteiger partial charge < -0.3 is 23.7 Å². The van der Waals surface area contributed by atoms with Crippen molar-refractivity contribution in [2.75, 3.05) is 13.7 Å². The Kier molecular flexibility index (Phi) is 6.36. The highest BCUT2D eigenvalue weighted by Crippen LogP contribution is 2.33. The molecule has 124 valence electrons. The molecule has 8 nitrogen and oxygen atoms in total. The van der Waals surface area contributed by atoms with Gasteiger partial charge >= 0.3 is 17.9 Å². The van der Waals surface area contributed by atoms with Crippen LogP contribution in [0.15, 0.2) is 12.3 Å². The van der Waals surface area contributed by atoms with Crippen LogP contribution in [0.1, 0.15) is 20.8 Å². The Hall–Kier alpha value is -2.09. The van der Waals surface area contributed by atoms with Gasteiger partial charge in [0.15, 0.2) is 6.10 Å². The highest BCUT2D eigenvalue weighted by atomic mass is 16.7. The number of ether oxygens (including phenoxy) is 5. The van der Waals surface area contributed by atoms with E-state index in [0.29, 0.717) is 0 Å². The molecule has 0 aromatic rings. The van der Waals surface area contributed by atoms with Gasteiger partial charge in [0, 0.05) is 27.9 Å². The number of hydrogen-bond acceptors (Lipinski definition) is 8. The molecule has 0 N–H and O–H groups in total. The first-order valence-electron chi connectivity index (χ1n) is 6.62. The Morgan fingerprint density at radius 2 is 1.59 bits per heavy atom. The molecule has 0 aromatic heterocycles. The number of hydrogen-bond donors (Lipinski definition) is 0. The zero-order valence-electron chi connectivity index (χ0n) is 13.0. The molecular formula is C14H20O8. The van der Waals surface area contributed by atoms with Crippen LogP contribution in [-0.4, -0.2) is 50.1 Å². The lowest BCUT2D eigenvalue weighted by atomic mass is 9.93. The van der Waals surface area contributed by atoms with Crippen molar-refractivity contribution in [2.24, 2.45) is 5.92 Å². The summed E-state index contributed by atoms with van der Waals surface area (Å²) in [5.74, 6) is -2.15.